The third-order valence-corrected chi connectivity index (χ3v) is 10.0. The van der Waals surface area contributed by atoms with Crippen molar-refractivity contribution in [2.24, 2.45) is 23.5 Å². The number of allylic oxidation sites excluding steroid dienone is 2. The third kappa shape index (κ3) is 12.2. The molecule has 1 saturated carbocycles. The van der Waals surface area contributed by atoms with Crippen LogP contribution in [0.5, 0.6) is 0 Å². The van der Waals surface area contributed by atoms with Crippen molar-refractivity contribution in [2.75, 3.05) is 66.2 Å². The van der Waals surface area contributed by atoms with Crippen LogP contribution in [0.1, 0.15) is 86.5 Å². The van der Waals surface area contributed by atoms with Gasteiger partial charge in [0.25, 0.3) is 0 Å². The number of ether oxygens (including phenoxy) is 4. The highest BCUT2D eigenvalue weighted by Gasteiger charge is 2.50. The van der Waals surface area contributed by atoms with Crippen LogP contribution in [0.2, 0.25) is 0 Å². The molecule has 1 unspecified atom stereocenters. The maximum atomic E-state index is 12.8. The van der Waals surface area contributed by atoms with Crippen molar-refractivity contribution in [3.05, 3.63) is 11.4 Å². The first-order valence-corrected chi connectivity index (χ1v) is 17.2. The Kier molecular flexibility index (Phi) is 14.4. The highest BCUT2D eigenvalue weighted by Crippen LogP contribution is 2.53. The predicted molar refractivity (Wildman–Crippen MR) is 177 cm³/mol. The summed E-state index contributed by atoms with van der Waals surface area (Å²) >= 11 is 0. The van der Waals surface area contributed by atoms with E-state index in [0.717, 1.165) is 69.6 Å². The number of methoxy groups -OCH3 is 1. The first-order valence-electron chi connectivity index (χ1n) is 17.2. The van der Waals surface area contributed by atoms with Crippen LogP contribution in [0.25, 0.3) is 0 Å². The van der Waals surface area contributed by atoms with Crippen molar-refractivity contribution in [3.63, 3.8) is 0 Å². The molecular formula is C34H61N5O7. The average Bonchev–Trinajstić information content (AvgIpc) is 3.67. The zero-order valence-corrected chi connectivity index (χ0v) is 29.5. The van der Waals surface area contributed by atoms with E-state index in [1.165, 1.54) is 6.92 Å². The minimum absolute atomic E-state index is 0.0199. The van der Waals surface area contributed by atoms with Crippen LogP contribution in [-0.4, -0.2) is 111 Å². The topological polar surface area (TPSA) is 145 Å². The van der Waals surface area contributed by atoms with E-state index in [9.17, 15) is 14.4 Å². The Balaban J connectivity index is 1.31. The second kappa shape index (κ2) is 17.5. The van der Waals surface area contributed by atoms with E-state index in [-0.39, 0.29) is 48.7 Å². The van der Waals surface area contributed by atoms with Crippen molar-refractivity contribution < 1.29 is 33.3 Å². The van der Waals surface area contributed by atoms with Gasteiger partial charge in [-0.3, -0.25) is 14.5 Å². The number of piperazine rings is 1. The van der Waals surface area contributed by atoms with Gasteiger partial charge in [0.05, 0.1) is 30.5 Å². The largest absolute Gasteiger partial charge is 0.464 e. The molecule has 1 aliphatic heterocycles. The molecule has 12 nitrogen and oxygen atoms in total. The van der Waals surface area contributed by atoms with Gasteiger partial charge in [-0.15, -0.1) is 0 Å². The number of nitrogens with two attached hydrogens (primary N) is 1. The normalized spacial score (nSPS) is 25.6. The molecule has 4 atom stereocenters. The molecule has 3 aliphatic rings. The van der Waals surface area contributed by atoms with Crippen LogP contribution >= 0.6 is 0 Å². The summed E-state index contributed by atoms with van der Waals surface area (Å²) in [5.41, 5.74) is 8.13. The first-order chi connectivity index (χ1) is 21.7. The molecule has 0 aromatic rings. The smallest absolute Gasteiger partial charge is 0.407 e. The molecule has 0 bridgehead atoms. The number of amides is 2. The van der Waals surface area contributed by atoms with E-state index in [2.05, 4.69) is 50.2 Å². The minimum Gasteiger partial charge on any atom is -0.464 e. The van der Waals surface area contributed by atoms with E-state index < -0.39 is 6.09 Å². The highest BCUT2D eigenvalue weighted by atomic mass is 16.5. The highest BCUT2D eigenvalue weighted by molar-refractivity contribution is 5.77. The molecule has 264 valence electrons. The number of nitrogens with one attached hydrogen (secondary N) is 2. The van der Waals surface area contributed by atoms with Crippen molar-refractivity contribution in [3.8, 4) is 0 Å². The first kappa shape index (κ1) is 37.9. The van der Waals surface area contributed by atoms with Crippen LogP contribution in [0, 0.1) is 17.8 Å². The zero-order valence-electron chi connectivity index (χ0n) is 29.5. The number of fused-ring (bicyclic) bond motifs is 1. The van der Waals surface area contributed by atoms with Crippen LogP contribution in [0.4, 0.5) is 4.79 Å². The molecule has 0 aromatic heterocycles. The quantitative estimate of drug-likeness (QED) is 0.200. The fourth-order valence-electron chi connectivity index (χ4n) is 6.60. The monoisotopic (exact) mass is 651 g/mol. The van der Waals surface area contributed by atoms with Crippen LogP contribution in [0.15, 0.2) is 11.4 Å². The fourth-order valence-corrected chi connectivity index (χ4v) is 6.60. The summed E-state index contributed by atoms with van der Waals surface area (Å²) in [6.45, 7) is 16.8. The van der Waals surface area contributed by atoms with Crippen molar-refractivity contribution in [1.29, 1.82) is 0 Å². The van der Waals surface area contributed by atoms with Gasteiger partial charge >= 0.3 is 12.1 Å². The Hall–Kier alpha value is -2.57. The number of hydrogen-bond donors (Lipinski definition) is 3. The van der Waals surface area contributed by atoms with Crippen LogP contribution in [-0.2, 0) is 28.5 Å². The van der Waals surface area contributed by atoms with Gasteiger partial charge in [0, 0.05) is 64.6 Å². The minimum atomic E-state index is -0.480. The predicted octanol–water partition coefficient (Wildman–Crippen LogP) is 3.40. The SMILES string of the molecule is CCN1CCN(C(=O)CCNC(=O)OC[C@@H]2[C@@H]3CC/C(N)=C(/NCCC(C)(C)OCCC(C)(C)OC)CC[C@@H]32)CC1COC(C)=O. The van der Waals surface area contributed by atoms with E-state index >= 15 is 0 Å². The molecule has 1 saturated heterocycles. The Morgan fingerprint density at radius 2 is 1.67 bits per heavy atom. The van der Waals surface area contributed by atoms with Crippen LogP contribution in [0.3, 0.4) is 0 Å². The molecular weight excluding hydrogens is 590 g/mol. The average molecular weight is 652 g/mol. The summed E-state index contributed by atoms with van der Waals surface area (Å²) in [7, 11) is 1.73. The number of nitrogens with zero attached hydrogens (tertiary/aromatic N) is 2. The van der Waals surface area contributed by atoms with Gasteiger partial charge in [0.2, 0.25) is 5.91 Å². The fraction of sp³-hybridized carbons (Fsp3) is 0.853. The maximum absolute atomic E-state index is 12.8. The number of alkyl carbamates (subject to hydrolysis) is 1. The summed E-state index contributed by atoms with van der Waals surface area (Å²) < 4.78 is 22.4. The van der Waals surface area contributed by atoms with Gasteiger partial charge in [-0.05, 0) is 90.5 Å². The van der Waals surface area contributed by atoms with Gasteiger partial charge in [-0.2, -0.15) is 0 Å². The molecule has 2 fully saturated rings. The second-order valence-corrected chi connectivity index (χ2v) is 14.3. The summed E-state index contributed by atoms with van der Waals surface area (Å²) in [5.74, 6) is 1.07. The molecule has 2 aliphatic carbocycles. The van der Waals surface area contributed by atoms with E-state index in [1.807, 2.05) is 0 Å². The van der Waals surface area contributed by atoms with Crippen molar-refractivity contribution in [1.82, 2.24) is 20.4 Å². The Bertz CT molecular complexity index is 1050. The van der Waals surface area contributed by atoms with Gasteiger partial charge in [0.1, 0.15) is 6.61 Å². The molecule has 4 N–H and O–H groups in total. The lowest BCUT2D eigenvalue weighted by molar-refractivity contribution is -0.144. The molecule has 0 spiro atoms. The Morgan fingerprint density at radius 3 is 2.35 bits per heavy atom. The Labute approximate surface area is 276 Å². The zero-order chi connectivity index (χ0) is 33.9. The number of hydrogen-bond acceptors (Lipinski definition) is 10. The van der Waals surface area contributed by atoms with Gasteiger partial charge in [0.15, 0.2) is 0 Å². The number of rotatable bonds is 17. The van der Waals surface area contributed by atoms with Crippen molar-refractivity contribution in [2.45, 2.75) is 104 Å². The van der Waals surface area contributed by atoms with E-state index in [1.54, 1.807) is 12.0 Å². The number of carbonyl (C=O) groups is 3. The van der Waals surface area contributed by atoms with E-state index in [4.69, 9.17) is 24.7 Å². The van der Waals surface area contributed by atoms with Gasteiger partial charge in [-0.1, -0.05) is 6.92 Å². The summed E-state index contributed by atoms with van der Waals surface area (Å²) in [6, 6.07) is -0.0199. The number of carbonyl (C=O) groups excluding carboxylic acids is 3. The van der Waals surface area contributed by atoms with Gasteiger partial charge < -0.3 is 40.2 Å². The summed E-state index contributed by atoms with van der Waals surface area (Å²) in [5, 5.41) is 6.33. The summed E-state index contributed by atoms with van der Waals surface area (Å²) in [6.07, 6.45) is 5.19. The summed E-state index contributed by atoms with van der Waals surface area (Å²) in [4.78, 5) is 40.5. The van der Waals surface area contributed by atoms with Crippen molar-refractivity contribution >= 4 is 18.0 Å². The molecule has 0 radical (unpaired) electrons. The lowest BCUT2D eigenvalue weighted by atomic mass is 10.0. The Morgan fingerprint density at radius 1 is 0.957 bits per heavy atom. The third-order valence-electron chi connectivity index (χ3n) is 10.0. The lowest BCUT2D eigenvalue weighted by Crippen LogP contribution is -2.56. The molecule has 1 heterocycles. The van der Waals surface area contributed by atoms with Crippen LogP contribution < -0.4 is 16.4 Å². The molecule has 46 heavy (non-hydrogen) atoms. The standard InChI is InChI=1S/C34H61N5O7/c1-8-38-18-19-39(21-25(38)22-44-24(2)40)31(41)13-16-37-32(42)45-23-28-26-9-11-29(35)30(12-10-27(26)28)36-17-14-34(5,6)46-20-15-33(3,4)43-7/h25-28,36H,8-23,35H2,1-7H3,(H,37,42)/b30-29-/t25?,26-,27+,28-/m1/s1. The molecule has 0 aromatic carbocycles. The number of likely N-dealkylation sites (N-methyl/N-ethyl adjacent to an activating group) is 1. The molecule has 12 heteroatoms. The van der Waals surface area contributed by atoms with Gasteiger partial charge in [-0.25, -0.2) is 4.79 Å². The second-order valence-electron chi connectivity index (χ2n) is 14.3. The number of esters is 1. The maximum Gasteiger partial charge on any atom is 0.407 e. The lowest BCUT2D eigenvalue weighted by Gasteiger charge is -2.40. The molecule has 2 amide bonds. The molecule has 3 rings (SSSR count). The van der Waals surface area contributed by atoms with E-state index in [0.29, 0.717) is 44.1 Å².